The number of sulfonamides is 1. The Morgan fingerprint density at radius 2 is 1.76 bits per heavy atom. The molecule has 0 N–H and O–H groups in total. The minimum atomic E-state index is -3.32. The van der Waals surface area contributed by atoms with Gasteiger partial charge in [0.1, 0.15) is 0 Å². The van der Waals surface area contributed by atoms with Gasteiger partial charge < -0.3 is 4.74 Å². The maximum absolute atomic E-state index is 12.5. The largest absolute Gasteiger partial charge is 0.375 e. The van der Waals surface area contributed by atoms with Gasteiger partial charge in [0, 0.05) is 11.0 Å². The first-order chi connectivity index (χ1) is 12.0. The van der Waals surface area contributed by atoms with Crippen molar-refractivity contribution in [3.05, 3.63) is 82.3 Å². The summed E-state index contributed by atoms with van der Waals surface area (Å²) in [6, 6.07) is 17.3. The zero-order valence-electron chi connectivity index (χ0n) is 13.7. The van der Waals surface area contributed by atoms with Crippen LogP contribution < -0.4 is 0 Å². The summed E-state index contributed by atoms with van der Waals surface area (Å²) < 4.78 is 33.3. The summed E-state index contributed by atoms with van der Waals surface area (Å²) in [6.07, 6.45) is 3.63. The predicted octanol–water partition coefficient (Wildman–Crippen LogP) is 3.74. The molecule has 1 aliphatic heterocycles. The lowest BCUT2D eigenvalue weighted by Gasteiger charge is -2.31. The zero-order chi connectivity index (χ0) is 17.7. The van der Waals surface area contributed by atoms with Gasteiger partial charge in [0.25, 0.3) is 0 Å². The van der Waals surface area contributed by atoms with Crippen LogP contribution in [-0.4, -0.2) is 31.1 Å². The van der Waals surface area contributed by atoms with Crippen molar-refractivity contribution in [1.29, 1.82) is 0 Å². The van der Waals surface area contributed by atoms with E-state index in [0.717, 1.165) is 15.6 Å². The third-order valence-electron chi connectivity index (χ3n) is 4.04. The molecule has 0 saturated heterocycles. The highest BCUT2D eigenvalue weighted by Crippen LogP contribution is 2.21. The molecular formula is C19H20BrNO3S. The van der Waals surface area contributed by atoms with Crippen LogP contribution in [-0.2, 0) is 27.9 Å². The van der Waals surface area contributed by atoms with Crippen LogP contribution in [0, 0.1) is 0 Å². The summed E-state index contributed by atoms with van der Waals surface area (Å²) in [5.74, 6) is 0.0404. The van der Waals surface area contributed by atoms with E-state index in [-0.39, 0.29) is 11.8 Å². The van der Waals surface area contributed by atoms with Crippen molar-refractivity contribution in [3.63, 3.8) is 0 Å². The molecule has 0 saturated carbocycles. The Hall–Kier alpha value is -1.47. The van der Waals surface area contributed by atoms with Crippen molar-refractivity contribution in [2.45, 2.75) is 19.2 Å². The van der Waals surface area contributed by atoms with Crippen LogP contribution in [0.25, 0.3) is 0 Å². The molecule has 132 valence electrons. The maximum atomic E-state index is 12.5. The van der Waals surface area contributed by atoms with E-state index in [9.17, 15) is 8.42 Å². The molecule has 0 aliphatic carbocycles. The molecule has 6 heteroatoms. The summed E-state index contributed by atoms with van der Waals surface area (Å²) in [6.45, 7) is 1.15. The quantitative estimate of drug-likeness (QED) is 0.667. The van der Waals surface area contributed by atoms with Crippen LogP contribution in [0.3, 0.4) is 0 Å². The fourth-order valence-corrected chi connectivity index (χ4v) is 4.43. The molecule has 2 aromatic rings. The number of benzene rings is 2. The molecule has 1 atom stereocenters. The third-order valence-corrected chi connectivity index (χ3v) is 6.30. The van der Waals surface area contributed by atoms with Crippen LogP contribution in [0.2, 0.25) is 0 Å². The number of rotatable bonds is 6. The average molecular weight is 422 g/mol. The second kappa shape index (κ2) is 8.27. The van der Waals surface area contributed by atoms with Crippen molar-refractivity contribution >= 4 is 26.0 Å². The molecule has 1 heterocycles. The molecule has 4 nitrogen and oxygen atoms in total. The van der Waals surface area contributed by atoms with E-state index in [1.807, 2.05) is 60.7 Å². The lowest BCUT2D eigenvalue weighted by Crippen LogP contribution is -2.44. The molecule has 0 bridgehead atoms. The van der Waals surface area contributed by atoms with Crippen molar-refractivity contribution < 1.29 is 13.2 Å². The Balaban J connectivity index is 1.68. The van der Waals surface area contributed by atoms with E-state index in [4.69, 9.17) is 4.74 Å². The average Bonchev–Trinajstić information content (AvgIpc) is 2.60. The van der Waals surface area contributed by atoms with Crippen LogP contribution in [0.1, 0.15) is 11.1 Å². The minimum Gasteiger partial charge on any atom is -0.375 e. The zero-order valence-corrected chi connectivity index (χ0v) is 16.1. The Labute approximate surface area is 157 Å². The van der Waals surface area contributed by atoms with E-state index in [0.29, 0.717) is 19.8 Å². The van der Waals surface area contributed by atoms with Crippen molar-refractivity contribution in [1.82, 2.24) is 4.31 Å². The normalized spacial score (nSPS) is 19.8. The van der Waals surface area contributed by atoms with Crippen LogP contribution >= 0.6 is 15.9 Å². The van der Waals surface area contributed by atoms with E-state index in [2.05, 4.69) is 15.9 Å². The molecule has 3 rings (SSSR count). The highest BCUT2D eigenvalue weighted by atomic mass is 79.9. The number of nitrogens with zero attached hydrogens (tertiary/aromatic N) is 1. The fraction of sp³-hybridized carbons (Fsp3) is 0.263. The van der Waals surface area contributed by atoms with Crippen molar-refractivity contribution in [3.8, 4) is 0 Å². The lowest BCUT2D eigenvalue weighted by molar-refractivity contribution is 0.0889. The Morgan fingerprint density at radius 1 is 1.04 bits per heavy atom. The molecule has 1 aliphatic rings. The summed E-state index contributed by atoms with van der Waals surface area (Å²) in [4.78, 5) is 0. The molecule has 25 heavy (non-hydrogen) atoms. The third kappa shape index (κ3) is 5.01. The Bertz CT molecular complexity index is 820. The molecule has 0 aromatic heterocycles. The number of ether oxygens (including phenoxy) is 1. The fourth-order valence-electron chi connectivity index (χ4n) is 2.73. The van der Waals surface area contributed by atoms with Gasteiger partial charge in [0.05, 0.1) is 25.0 Å². The highest BCUT2D eigenvalue weighted by Gasteiger charge is 2.31. The molecule has 0 unspecified atom stereocenters. The van der Waals surface area contributed by atoms with Gasteiger partial charge in [-0.2, -0.15) is 4.31 Å². The summed E-state index contributed by atoms with van der Waals surface area (Å²) in [5, 5.41) is 0. The first kappa shape index (κ1) is 18.3. The van der Waals surface area contributed by atoms with Gasteiger partial charge in [-0.1, -0.05) is 70.5 Å². The molecule has 2 aromatic carbocycles. The topological polar surface area (TPSA) is 46.6 Å². The lowest BCUT2D eigenvalue weighted by atomic mass is 10.2. The van der Waals surface area contributed by atoms with E-state index in [1.54, 1.807) is 6.08 Å². The first-order valence-corrected chi connectivity index (χ1v) is 10.5. The predicted molar refractivity (Wildman–Crippen MR) is 102 cm³/mol. The number of halogens is 1. The first-order valence-electron chi connectivity index (χ1n) is 8.07. The van der Waals surface area contributed by atoms with Gasteiger partial charge in [-0.3, -0.25) is 0 Å². The SMILES string of the molecule is O=S1(=O)CC=C[C@@H](COCc2ccccc2)N1Cc1ccc(Br)cc1. The molecule has 0 spiro atoms. The van der Waals surface area contributed by atoms with Crippen LogP contribution in [0.4, 0.5) is 0 Å². The van der Waals surface area contributed by atoms with Crippen molar-refractivity contribution in [2.24, 2.45) is 0 Å². The second-order valence-corrected chi connectivity index (χ2v) is 8.83. The Kier molecular flexibility index (Phi) is 6.06. The second-order valence-electron chi connectivity index (χ2n) is 5.95. The number of hydrogen-bond donors (Lipinski definition) is 0. The summed E-state index contributed by atoms with van der Waals surface area (Å²) in [5.41, 5.74) is 2.03. The molecule has 0 amide bonds. The van der Waals surface area contributed by atoms with Gasteiger partial charge in [-0.05, 0) is 23.3 Å². The summed E-state index contributed by atoms with van der Waals surface area (Å²) >= 11 is 3.40. The summed E-state index contributed by atoms with van der Waals surface area (Å²) in [7, 11) is -3.32. The standard InChI is InChI=1S/C19H20BrNO3S/c20-18-10-8-16(9-11-18)13-21-19(7-4-12-25(21,22)23)15-24-14-17-5-2-1-3-6-17/h1-11,19H,12-15H2/t19-/m0/s1. The molecule has 0 fully saturated rings. The van der Waals surface area contributed by atoms with E-state index >= 15 is 0 Å². The monoisotopic (exact) mass is 421 g/mol. The van der Waals surface area contributed by atoms with E-state index < -0.39 is 10.0 Å². The smallest absolute Gasteiger partial charge is 0.218 e. The minimum absolute atomic E-state index is 0.0404. The van der Waals surface area contributed by atoms with E-state index in [1.165, 1.54) is 4.31 Å². The van der Waals surface area contributed by atoms with Gasteiger partial charge in [-0.15, -0.1) is 0 Å². The maximum Gasteiger partial charge on any atom is 0.218 e. The van der Waals surface area contributed by atoms with Gasteiger partial charge >= 0.3 is 0 Å². The van der Waals surface area contributed by atoms with Gasteiger partial charge in [-0.25, -0.2) is 8.42 Å². The van der Waals surface area contributed by atoms with Crippen LogP contribution in [0.15, 0.2) is 71.2 Å². The molecular weight excluding hydrogens is 402 g/mol. The highest BCUT2D eigenvalue weighted by molar-refractivity contribution is 9.10. The van der Waals surface area contributed by atoms with Crippen LogP contribution in [0.5, 0.6) is 0 Å². The number of hydrogen-bond acceptors (Lipinski definition) is 3. The van der Waals surface area contributed by atoms with Gasteiger partial charge in [0.2, 0.25) is 10.0 Å². The molecule has 0 radical (unpaired) electrons. The van der Waals surface area contributed by atoms with Gasteiger partial charge in [0.15, 0.2) is 0 Å². The Morgan fingerprint density at radius 3 is 2.48 bits per heavy atom. The van der Waals surface area contributed by atoms with Crippen molar-refractivity contribution in [2.75, 3.05) is 12.4 Å².